The summed E-state index contributed by atoms with van der Waals surface area (Å²) < 4.78 is 10.7. The van der Waals surface area contributed by atoms with E-state index in [2.05, 4.69) is 20.8 Å². The average Bonchev–Trinajstić information content (AvgIpc) is 3.50. The monoisotopic (exact) mass is 464 g/mol. The summed E-state index contributed by atoms with van der Waals surface area (Å²) in [7, 11) is 3.17. The van der Waals surface area contributed by atoms with Crippen molar-refractivity contribution in [3.63, 3.8) is 0 Å². The lowest BCUT2D eigenvalue weighted by atomic mass is 10.2. The Hall–Kier alpha value is -3.69. The zero-order chi connectivity index (χ0) is 22.3. The Bertz CT molecular complexity index is 1220. The maximum atomic E-state index is 12.6. The van der Waals surface area contributed by atoms with E-state index >= 15 is 0 Å². The Morgan fingerprint density at radius 2 is 1.88 bits per heavy atom. The number of ether oxygens (including phenoxy) is 2. The van der Waals surface area contributed by atoms with Crippen molar-refractivity contribution in [2.45, 2.75) is 0 Å². The van der Waals surface area contributed by atoms with E-state index < -0.39 is 0 Å². The molecule has 2 aromatic heterocycles. The minimum atomic E-state index is -0.169. The minimum absolute atomic E-state index is 0.169. The highest BCUT2D eigenvalue weighted by Gasteiger charge is 2.17. The molecule has 0 atom stereocenters. The number of thiazole rings is 1. The summed E-state index contributed by atoms with van der Waals surface area (Å²) in [6.45, 7) is 0. The smallest absolute Gasteiger partial charge is 0.266 e. The number of amides is 1. The lowest BCUT2D eigenvalue weighted by Crippen LogP contribution is -2.09. The van der Waals surface area contributed by atoms with Crippen LogP contribution in [0.1, 0.15) is 15.2 Å². The molecule has 0 radical (unpaired) electrons. The Morgan fingerprint density at radius 1 is 1.03 bits per heavy atom. The quantitative estimate of drug-likeness (QED) is 0.262. The topological polar surface area (TPSA) is 84.8 Å². The second kappa shape index (κ2) is 10.1. The zero-order valence-electron chi connectivity index (χ0n) is 17.4. The van der Waals surface area contributed by atoms with Gasteiger partial charge in [0.1, 0.15) is 10.7 Å². The molecule has 0 aliphatic rings. The summed E-state index contributed by atoms with van der Waals surface area (Å²) in [5, 5.41) is 10.3. The van der Waals surface area contributed by atoms with Crippen molar-refractivity contribution in [2.75, 3.05) is 25.0 Å². The van der Waals surface area contributed by atoms with Gasteiger partial charge in [-0.25, -0.2) is 4.98 Å². The van der Waals surface area contributed by atoms with Crippen LogP contribution in [0.2, 0.25) is 0 Å². The summed E-state index contributed by atoms with van der Waals surface area (Å²) in [5.74, 6) is 1.04. The van der Waals surface area contributed by atoms with E-state index in [9.17, 15) is 4.79 Å². The van der Waals surface area contributed by atoms with Gasteiger partial charge in [-0.2, -0.15) is 5.10 Å². The molecule has 32 heavy (non-hydrogen) atoms. The summed E-state index contributed by atoms with van der Waals surface area (Å²) in [4.78, 5) is 17.9. The number of benzene rings is 2. The minimum Gasteiger partial charge on any atom is -0.493 e. The van der Waals surface area contributed by atoms with Crippen molar-refractivity contribution in [3.05, 3.63) is 76.5 Å². The first-order chi connectivity index (χ1) is 15.7. The van der Waals surface area contributed by atoms with E-state index in [4.69, 9.17) is 9.47 Å². The number of rotatable bonds is 8. The van der Waals surface area contributed by atoms with Crippen LogP contribution < -0.4 is 20.2 Å². The molecule has 2 heterocycles. The third-order valence-electron chi connectivity index (χ3n) is 4.44. The third kappa shape index (κ3) is 4.79. The van der Waals surface area contributed by atoms with E-state index in [0.29, 0.717) is 32.2 Å². The first kappa shape index (κ1) is 21.5. The van der Waals surface area contributed by atoms with Crippen molar-refractivity contribution < 1.29 is 14.3 Å². The molecule has 0 fully saturated rings. The Kier molecular flexibility index (Phi) is 6.78. The summed E-state index contributed by atoms with van der Waals surface area (Å²) >= 11 is 2.70. The van der Waals surface area contributed by atoms with Crippen LogP contribution in [0, 0.1) is 0 Å². The number of aromatic nitrogens is 1. The number of methoxy groups -OCH3 is 2. The van der Waals surface area contributed by atoms with E-state index in [0.717, 1.165) is 11.1 Å². The number of para-hydroxylation sites is 1. The first-order valence-corrected chi connectivity index (χ1v) is 11.3. The van der Waals surface area contributed by atoms with Crippen molar-refractivity contribution in [1.82, 2.24) is 4.98 Å². The predicted molar refractivity (Wildman–Crippen MR) is 131 cm³/mol. The highest BCUT2D eigenvalue weighted by molar-refractivity contribution is 7.20. The van der Waals surface area contributed by atoms with Gasteiger partial charge < -0.3 is 14.8 Å². The van der Waals surface area contributed by atoms with Crippen LogP contribution in [0.15, 0.2) is 71.1 Å². The zero-order valence-corrected chi connectivity index (χ0v) is 19.0. The number of carbonyl (C=O) groups is 1. The molecule has 0 bridgehead atoms. The van der Waals surface area contributed by atoms with Crippen LogP contribution in [0.4, 0.5) is 10.1 Å². The number of anilines is 2. The van der Waals surface area contributed by atoms with Gasteiger partial charge >= 0.3 is 0 Å². The molecule has 0 aliphatic carbocycles. The molecule has 4 rings (SSSR count). The van der Waals surface area contributed by atoms with Gasteiger partial charge in [0.25, 0.3) is 5.91 Å². The molecule has 2 aromatic carbocycles. The van der Waals surface area contributed by atoms with Crippen LogP contribution in [-0.4, -0.2) is 31.3 Å². The van der Waals surface area contributed by atoms with Gasteiger partial charge in [-0.05, 0) is 23.6 Å². The number of carbonyl (C=O) groups excluding carboxylic acids is 1. The van der Waals surface area contributed by atoms with Gasteiger partial charge in [0.2, 0.25) is 5.13 Å². The van der Waals surface area contributed by atoms with E-state index in [-0.39, 0.29) is 5.91 Å². The summed E-state index contributed by atoms with van der Waals surface area (Å²) in [5.41, 5.74) is 5.28. The fraction of sp³-hybridized carbons (Fsp3) is 0.0870. The van der Waals surface area contributed by atoms with Gasteiger partial charge in [-0.3, -0.25) is 10.2 Å². The molecule has 162 valence electrons. The average molecular weight is 465 g/mol. The van der Waals surface area contributed by atoms with Crippen LogP contribution in [0.5, 0.6) is 11.5 Å². The van der Waals surface area contributed by atoms with Gasteiger partial charge in [0.15, 0.2) is 11.5 Å². The molecule has 1 amide bonds. The molecule has 7 nitrogen and oxygen atoms in total. The number of nitrogens with zero attached hydrogens (tertiary/aromatic N) is 2. The SMILES string of the molecule is COc1cccc(/C=N\Nc2nc(-c3ccccc3)c(NC(=O)c3cccs3)s2)c1OC. The third-order valence-corrected chi connectivity index (χ3v) is 6.19. The van der Waals surface area contributed by atoms with Crippen molar-refractivity contribution in [3.8, 4) is 22.8 Å². The molecule has 0 saturated heterocycles. The normalized spacial score (nSPS) is 10.8. The molecule has 9 heteroatoms. The molecule has 4 aromatic rings. The molecule has 0 unspecified atom stereocenters. The lowest BCUT2D eigenvalue weighted by molar-refractivity contribution is 0.103. The van der Waals surface area contributed by atoms with Gasteiger partial charge in [0, 0.05) is 11.1 Å². The van der Waals surface area contributed by atoms with Crippen LogP contribution >= 0.6 is 22.7 Å². The molecule has 0 saturated carbocycles. The van der Waals surface area contributed by atoms with Crippen LogP contribution in [0.25, 0.3) is 11.3 Å². The highest BCUT2D eigenvalue weighted by atomic mass is 32.1. The summed E-state index contributed by atoms with van der Waals surface area (Å²) in [6.07, 6.45) is 1.63. The molecular weight excluding hydrogens is 444 g/mol. The second-order valence-electron chi connectivity index (χ2n) is 6.45. The fourth-order valence-corrected chi connectivity index (χ4v) is 4.44. The molecule has 2 N–H and O–H groups in total. The first-order valence-electron chi connectivity index (χ1n) is 9.60. The molecule has 0 aliphatic heterocycles. The van der Waals surface area contributed by atoms with E-state index in [1.54, 1.807) is 26.5 Å². The number of hydrogen-bond acceptors (Lipinski definition) is 8. The van der Waals surface area contributed by atoms with Gasteiger partial charge in [-0.15, -0.1) is 11.3 Å². The lowest BCUT2D eigenvalue weighted by Gasteiger charge is -2.09. The number of hydrazone groups is 1. The maximum absolute atomic E-state index is 12.6. The highest BCUT2D eigenvalue weighted by Crippen LogP contribution is 2.36. The van der Waals surface area contributed by atoms with Crippen molar-refractivity contribution in [2.24, 2.45) is 5.10 Å². The Balaban J connectivity index is 1.59. The second-order valence-corrected chi connectivity index (χ2v) is 8.39. The van der Waals surface area contributed by atoms with Crippen molar-refractivity contribution in [1.29, 1.82) is 0 Å². The van der Waals surface area contributed by atoms with Crippen LogP contribution in [-0.2, 0) is 0 Å². The Morgan fingerprint density at radius 3 is 2.59 bits per heavy atom. The maximum Gasteiger partial charge on any atom is 0.266 e. The fourth-order valence-electron chi connectivity index (χ4n) is 2.99. The predicted octanol–water partition coefficient (Wildman–Crippen LogP) is 5.59. The number of nitrogens with one attached hydrogen (secondary N) is 2. The number of hydrogen-bond donors (Lipinski definition) is 2. The molecular formula is C23H20N4O3S2. The number of thiophene rings is 1. The standard InChI is InChI=1S/C23H20N4O3S2/c1-29-17-11-6-10-16(20(17)30-2)14-24-27-23-25-19(15-8-4-3-5-9-15)22(32-23)26-21(28)18-12-7-13-31-18/h3-14H,1-2H3,(H,25,27)(H,26,28)/b24-14-. The van der Waals surface area contributed by atoms with Gasteiger partial charge in [0.05, 0.1) is 25.3 Å². The summed E-state index contributed by atoms with van der Waals surface area (Å²) in [6, 6.07) is 18.9. The van der Waals surface area contributed by atoms with Crippen molar-refractivity contribution >= 4 is 44.9 Å². The van der Waals surface area contributed by atoms with E-state index in [1.807, 2.05) is 60.0 Å². The van der Waals surface area contributed by atoms with E-state index in [1.165, 1.54) is 22.7 Å². The van der Waals surface area contributed by atoms with Gasteiger partial charge in [-0.1, -0.05) is 53.8 Å². The largest absolute Gasteiger partial charge is 0.493 e. The Labute approximate surface area is 193 Å². The van der Waals surface area contributed by atoms with Crippen LogP contribution in [0.3, 0.4) is 0 Å². The molecule has 0 spiro atoms.